The zero-order valence-corrected chi connectivity index (χ0v) is 17.0. The van der Waals surface area contributed by atoms with Gasteiger partial charge in [-0.2, -0.15) is 0 Å². The van der Waals surface area contributed by atoms with Gasteiger partial charge in [-0.15, -0.1) is 11.3 Å². The number of ether oxygens (including phenoxy) is 1. The van der Waals surface area contributed by atoms with Crippen molar-refractivity contribution in [1.29, 1.82) is 0 Å². The fourth-order valence-corrected chi connectivity index (χ4v) is 3.44. The molecular formula is C21H24N4O2S. The highest BCUT2D eigenvalue weighted by molar-refractivity contribution is 7.09. The van der Waals surface area contributed by atoms with Crippen molar-refractivity contribution in [3.63, 3.8) is 0 Å². The highest BCUT2D eigenvalue weighted by Gasteiger charge is 2.11. The molecular weight excluding hydrogens is 372 g/mol. The molecule has 0 saturated carbocycles. The first-order chi connectivity index (χ1) is 13.4. The Bertz CT molecular complexity index is 951. The van der Waals surface area contributed by atoms with Crippen LogP contribution < -0.4 is 15.8 Å². The Morgan fingerprint density at radius 3 is 2.71 bits per heavy atom. The molecule has 3 N–H and O–H groups in total. The number of aryl methyl sites for hydroxylation is 1. The molecule has 2 heterocycles. The first kappa shape index (κ1) is 19.8. The number of nitrogens with two attached hydrogens (primary N) is 1. The van der Waals surface area contributed by atoms with Crippen LogP contribution in [0.5, 0.6) is 5.75 Å². The molecule has 7 heteroatoms. The Labute approximate surface area is 168 Å². The molecule has 0 radical (unpaired) electrons. The number of carbonyl (C=O) groups excluding carboxylic acids is 1. The van der Waals surface area contributed by atoms with Gasteiger partial charge in [0.15, 0.2) is 0 Å². The third-order valence-electron chi connectivity index (χ3n) is 4.33. The maximum absolute atomic E-state index is 12.6. The molecule has 0 fully saturated rings. The van der Waals surface area contributed by atoms with Crippen LogP contribution in [0.1, 0.15) is 46.3 Å². The number of amides is 1. The Morgan fingerprint density at radius 2 is 2.07 bits per heavy atom. The lowest BCUT2D eigenvalue weighted by Gasteiger charge is -2.10. The standard InChI is InChI=1S/C21H24N4O2S/c1-13(2)15-4-5-20(23-11-15)25-21(26)16-8-17(22)10-18(9-16)27-7-6-19-14(3)24-12-28-19/h4-5,8-13H,6-7,22H2,1-3H3,(H,23,25,26). The summed E-state index contributed by atoms with van der Waals surface area (Å²) in [4.78, 5) is 22.3. The molecule has 3 rings (SSSR count). The van der Waals surface area contributed by atoms with Gasteiger partial charge < -0.3 is 15.8 Å². The van der Waals surface area contributed by atoms with Gasteiger partial charge in [0.2, 0.25) is 0 Å². The number of benzene rings is 1. The minimum Gasteiger partial charge on any atom is -0.493 e. The van der Waals surface area contributed by atoms with Crippen molar-refractivity contribution < 1.29 is 9.53 Å². The largest absolute Gasteiger partial charge is 0.493 e. The van der Waals surface area contributed by atoms with E-state index in [1.165, 1.54) is 4.88 Å². The molecule has 6 nitrogen and oxygen atoms in total. The topological polar surface area (TPSA) is 90.1 Å². The zero-order chi connectivity index (χ0) is 20.1. The third kappa shape index (κ3) is 5.07. The number of hydrogen-bond acceptors (Lipinski definition) is 6. The highest BCUT2D eigenvalue weighted by Crippen LogP contribution is 2.21. The van der Waals surface area contributed by atoms with E-state index in [9.17, 15) is 4.79 Å². The average molecular weight is 397 g/mol. The molecule has 146 valence electrons. The van der Waals surface area contributed by atoms with E-state index in [4.69, 9.17) is 10.5 Å². The zero-order valence-electron chi connectivity index (χ0n) is 16.2. The lowest BCUT2D eigenvalue weighted by atomic mass is 10.1. The van der Waals surface area contributed by atoms with E-state index < -0.39 is 0 Å². The number of pyridine rings is 1. The van der Waals surface area contributed by atoms with Crippen molar-refractivity contribution in [3.8, 4) is 5.75 Å². The SMILES string of the molecule is Cc1ncsc1CCOc1cc(N)cc(C(=O)Nc2ccc(C(C)C)cn2)c1. The van der Waals surface area contributed by atoms with Crippen molar-refractivity contribution >= 4 is 28.7 Å². The summed E-state index contributed by atoms with van der Waals surface area (Å²) in [6, 6.07) is 8.79. The van der Waals surface area contributed by atoms with Gasteiger partial charge >= 0.3 is 0 Å². The molecule has 0 aliphatic heterocycles. The first-order valence-corrected chi connectivity index (χ1v) is 10.00. The van der Waals surface area contributed by atoms with Gasteiger partial charge in [0, 0.05) is 34.8 Å². The molecule has 0 atom stereocenters. The van der Waals surface area contributed by atoms with Crippen LogP contribution >= 0.6 is 11.3 Å². The van der Waals surface area contributed by atoms with E-state index in [-0.39, 0.29) is 5.91 Å². The molecule has 1 amide bonds. The summed E-state index contributed by atoms with van der Waals surface area (Å²) in [5, 5.41) is 2.80. The molecule has 0 aliphatic rings. The van der Waals surface area contributed by atoms with Crippen molar-refractivity contribution in [2.45, 2.75) is 33.1 Å². The third-order valence-corrected chi connectivity index (χ3v) is 5.32. The molecule has 1 aromatic carbocycles. The second-order valence-corrected chi connectivity index (χ2v) is 7.78. The van der Waals surface area contributed by atoms with Gasteiger partial charge in [-0.05, 0) is 36.6 Å². The van der Waals surface area contributed by atoms with Crippen molar-refractivity contribution in [1.82, 2.24) is 9.97 Å². The Hall–Kier alpha value is -2.93. The van der Waals surface area contributed by atoms with Crippen LogP contribution in [-0.2, 0) is 6.42 Å². The molecule has 3 aromatic rings. The smallest absolute Gasteiger partial charge is 0.257 e. The van der Waals surface area contributed by atoms with Crippen molar-refractivity contribution in [3.05, 3.63) is 63.7 Å². The van der Waals surface area contributed by atoms with E-state index in [2.05, 4.69) is 29.1 Å². The number of anilines is 2. The number of carbonyl (C=O) groups is 1. The molecule has 28 heavy (non-hydrogen) atoms. The highest BCUT2D eigenvalue weighted by atomic mass is 32.1. The monoisotopic (exact) mass is 396 g/mol. The minimum absolute atomic E-state index is 0.278. The van der Waals surface area contributed by atoms with Crippen LogP contribution in [0.2, 0.25) is 0 Å². The fourth-order valence-electron chi connectivity index (χ4n) is 2.67. The summed E-state index contributed by atoms with van der Waals surface area (Å²) in [6.07, 6.45) is 2.54. The van der Waals surface area contributed by atoms with E-state index in [0.29, 0.717) is 35.3 Å². The van der Waals surface area contributed by atoms with E-state index >= 15 is 0 Å². The summed E-state index contributed by atoms with van der Waals surface area (Å²) in [7, 11) is 0. The molecule has 0 unspecified atom stereocenters. The fraction of sp³-hybridized carbons (Fsp3) is 0.286. The van der Waals surface area contributed by atoms with Gasteiger partial charge in [-0.25, -0.2) is 9.97 Å². The lowest BCUT2D eigenvalue weighted by Crippen LogP contribution is -2.14. The lowest BCUT2D eigenvalue weighted by molar-refractivity contribution is 0.102. The second kappa shape index (κ2) is 8.84. The van der Waals surface area contributed by atoms with Gasteiger partial charge in [0.05, 0.1) is 17.8 Å². The van der Waals surface area contributed by atoms with Crippen LogP contribution in [0.4, 0.5) is 11.5 Å². The normalized spacial score (nSPS) is 10.9. The van der Waals surface area contributed by atoms with E-state index in [0.717, 1.165) is 17.7 Å². The van der Waals surface area contributed by atoms with Gasteiger partial charge in [-0.3, -0.25) is 4.79 Å². The Morgan fingerprint density at radius 1 is 1.25 bits per heavy atom. The molecule has 0 spiro atoms. The van der Waals surface area contributed by atoms with Crippen LogP contribution in [-0.4, -0.2) is 22.5 Å². The van der Waals surface area contributed by atoms with Crippen LogP contribution in [0.15, 0.2) is 42.0 Å². The maximum Gasteiger partial charge on any atom is 0.257 e. The van der Waals surface area contributed by atoms with E-state index in [1.807, 2.05) is 18.5 Å². The predicted molar refractivity (Wildman–Crippen MR) is 113 cm³/mol. The predicted octanol–water partition coefficient (Wildman–Crippen LogP) is 4.43. The van der Waals surface area contributed by atoms with Gasteiger partial charge in [0.1, 0.15) is 11.6 Å². The molecule has 0 saturated heterocycles. The van der Waals surface area contributed by atoms with Crippen LogP contribution in [0.3, 0.4) is 0 Å². The average Bonchev–Trinajstić information content (AvgIpc) is 3.06. The van der Waals surface area contributed by atoms with Crippen molar-refractivity contribution in [2.75, 3.05) is 17.7 Å². The van der Waals surface area contributed by atoms with Gasteiger partial charge in [-0.1, -0.05) is 19.9 Å². The Balaban J connectivity index is 1.64. The quantitative estimate of drug-likeness (QED) is 0.577. The minimum atomic E-state index is -0.278. The Kier molecular flexibility index (Phi) is 6.26. The molecule has 0 aliphatic carbocycles. The molecule has 2 aromatic heterocycles. The number of nitrogen functional groups attached to an aromatic ring is 1. The number of rotatable bonds is 7. The van der Waals surface area contributed by atoms with E-state index in [1.54, 1.807) is 41.8 Å². The summed E-state index contributed by atoms with van der Waals surface area (Å²) in [5.74, 6) is 1.18. The first-order valence-electron chi connectivity index (χ1n) is 9.12. The number of nitrogens with one attached hydrogen (secondary N) is 1. The summed E-state index contributed by atoms with van der Waals surface area (Å²) < 4.78 is 5.80. The maximum atomic E-state index is 12.6. The van der Waals surface area contributed by atoms with Crippen molar-refractivity contribution in [2.24, 2.45) is 0 Å². The number of aromatic nitrogens is 2. The van der Waals surface area contributed by atoms with Gasteiger partial charge in [0.25, 0.3) is 5.91 Å². The number of hydrogen-bond donors (Lipinski definition) is 2. The molecule has 0 bridgehead atoms. The van der Waals surface area contributed by atoms with Crippen LogP contribution in [0.25, 0.3) is 0 Å². The number of thiazole rings is 1. The van der Waals surface area contributed by atoms with Crippen LogP contribution in [0, 0.1) is 6.92 Å². The summed E-state index contributed by atoms with van der Waals surface area (Å²) in [6.45, 7) is 6.67. The second-order valence-electron chi connectivity index (χ2n) is 6.84. The number of nitrogens with zero attached hydrogens (tertiary/aromatic N) is 2. The summed E-state index contributed by atoms with van der Waals surface area (Å²) in [5.41, 5.74) is 10.8. The summed E-state index contributed by atoms with van der Waals surface area (Å²) >= 11 is 1.61.